The molecule has 1 fully saturated rings. The minimum Gasteiger partial charge on any atom is -0.508 e. The lowest BCUT2D eigenvalue weighted by atomic mass is 9.97. The molecule has 0 aliphatic carbocycles. The van der Waals surface area contributed by atoms with Gasteiger partial charge in [0.15, 0.2) is 0 Å². The highest BCUT2D eigenvalue weighted by Crippen LogP contribution is 2.21. The standard InChI is InChI=1S/C23H34N4O6S/c1-3-13(2)19(21(30)25-17(12-34)23(32)33)26-20(29)18-5-4-10-27(18)22(31)16(24)11-14-6-8-15(28)9-7-14/h6-9,13,16-19,28,34H,3-5,10-12,24H2,1-2H3,(H,25,30)(H,26,29)(H,32,33). The van der Waals surface area contributed by atoms with Crippen molar-refractivity contribution in [3.8, 4) is 5.75 Å². The first-order chi connectivity index (χ1) is 16.1. The Morgan fingerprint density at radius 1 is 1.21 bits per heavy atom. The molecule has 1 aromatic rings. The lowest BCUT2D eigenvalue weighted by Gasteiger charge is -2.30. The van der Waals surface area contributed by atoms with Crippen LogP contribution >= 0.6 is 12.6 Å². The van der Waals surface area contributed by atoms with E-state index in [1.807, 2.05) is 6.92 Å². The van der Waals surface area contributed by atoms with Crippen molar-refractivity contribution in [1.82, 2.24) is 15.5 Å². The fraction of sp³-hybridized carbons (Fsp3) is 0.565. The zero-order chi connectivity index (χ0) is 25.4. The summed E-state index contributed by atoms with van der Waals surface area (Å²) in [4.78, 5) is 51.6. The number of hydrogen-bond donors (Lipinski definition) is 6. The van der Waals surface area contributed by atoms with Gasteiger partial charge in [0.2, 0.25) is 17.7 Å². The van der Waals surface area contributed by atoms with Crippen LogP contribution in [0.2, 0.25) is 0 Å². The molecule has 10 nitrogen and oxygen atoms in total. The number of nitrogens with zero attached hydrogens (tertiary/aromatic N) is 1. The summed E-state index contributed by atoms with van der Waals surface area (Å²) in [5.74, 6) is -2.90. The Morgan fingerprint density at radius 2 is 1.85 bits per heavy atom. The summed E-state index contributed by atoms with van der Waals surface area (Å²) < 4.78 is 0. The Morgan fingerprint density at radius 3 is 2.41 bits per heavy atom. The summed E-state index contributed by atoms with van der Waals surface area (Å²) in [7, 11) is 0. The number of nitrogens with two attached hydrogens (primary N) is 1. The molecule has 1 aliphatic rings. The van der Waals surface area contributed by atoms with E-state index in [1.165, 1.54) is 17.0 Å². The van der Waals surface area contributed by atoms with E-state index >= 15 is 0 Å². The van der Waals surface area contributed by atoms with Crippen LogP contribution in [0.4, 0.5) is 0 Å². The summed E-state index contributed by atoms with van der Waals surface area (Å²) >= 11 is 3.96. The number of thiol groups is 1. The lowest BCUT2D eigenvalue weighted by molar-refractivity contribution is -0.143. The van der Waals surface area contributed by atoms with Crippen molar-refractivity contribution in [3.05, 3.63) is 29.8 Å². The van der Waals surface area contributed by atoms with E-state index in [1.54, 1.807) is 19.1 Å². The van der Waals surface area contributed by atoms with Crippen LogP contribution in [-0.4, -0.2) is 75.3 Å². The quantitative estimate of drug-likeness (QED) is 0.241. The zero-order valence-electron chi connectivity index (χ0n) is 19.4. The first-order valence-electron chi connectivity index (χ1n) is 11.4. The Kier molecular flexibility index (Phi) is 10.2. The number of carbonyl (C=O) groups excluding carboxylic acids is 3. The fourth-order valence-corrected chi connectivity index (χ4v) is 4.14. The highest BCUT2D eigenvalue weighted by molar-refractivity contribution is 7.80. The molecule has 1 saturated heterocycles. The molecule has 0 bridgehead atoms. The predicted octanol–water partition coefficient (Wildman–Crippen LogP) is 0.283. The van der Waals surface area contributed by atoms with Crippen molar-refractivity contribution in [3.63, 3.8) is 0 Å². The Hall–Kier alpha value is -2.79. The van der Waals surface area contributed by atoms with Gasteiger partial charge in [0.1, 0.15) is 23.9 Å². The minimum absolute atomic E-state index is 0.0912. The molecular formula is C23H34N4O6S. The largest absolute Gasteiger partial charge is 0.508 e. The first-order valence-corrected chi connectivity index (χ1v) is 12.0. The number of hydrogen-bond acceptors (Lipinski definition) is 7. The number of nitrogens with one attached hydrogen (secondary N) is 2. The molecule has 1 heterocycles. The maximum absolute atomic E-state index is 13.1. The van der Waals surface area contributed by atoms with Gasteiger partial charge in [-0.2, -0.15) is 12.6 Å². The zero-order valence-corrected chi connectivity index (χ0v) is 20.3. The molecular weight excluding hydrogens is 460 g/mol. The van der Waals surface area contributed by atoms with E-state index in [0.29, 0.717) is 25.8 Å². The van der Waals surface area contributed by atoms with Crippen LogP contribution in [0, 0.1) is 5.92 Å². The number of amides is 3. The third kappa shape index (κ3) is 7.10. The van der Waals surface area contributed by atoms with E-state index in [0.717, 1.165) is 5.56 Å². The minimum atomic E-state index is -1.22. The SMILES string of the molecule is CCC(C)C(NC(=O)C1CCCN1C(=O)C(N)Cc1ccc(O)cc1)C(=O)NC(CS)C(=O)O. The smallest absolute Gasteiger partial charge is 0.327 e. The predicted molar refractivity (Wildman–Crippen MR) is 129 cm³/mol. The van der Waals surface area contributed by atoms with Gasteiger partial charge >= 0.3 is 5.97 Å². The van der Waals surface area contributed by atoms with Crippen molar-refractivity contribution in [1.29, 1.82) is 0 Å². The van der Waals surface area contributed by atoms with Crippen molar-refractivity contribution in [2.75, 3.05) is 12.3 Å². The molecule has 5 unspecified atom stereocenters. The van der Waals surface area contributed by atoms with Crippen molar-refractivity contribution >= 4 is 36.3 Å². The number of rotatable bonds is 11. The van der Waals surface area contributed by atoms with Crippen molar-refractivity contribution in [2.24, 2.45) is 11.7 Å². The average Bonchev–Trinajstić information content (AvgIpc) is 3.30. The second kappa shape index (κ2) is 12.6. The summed E-state index contributed by atoms with van der Waals surface area (Å²) in [5, 5.41) is 23.8. The van der Waals surface area contributed by atoms with Crippen LogP contribution in [0.3, 0.4) is 0 Å². The number of carbonyl (C=O) groups is 4. The molecule has 11 heteroatoms. The monoisotopic (exact) mass is 494 g/mol. The molecule has 188 valence electrons. The van der Waals surface area contributed by atoms with Gasteiger partial charge in [-0.3, -0.25) is 14.4 Å². The van der Waals surface area contributed by atoms with E-state index in [4.69, 9.17) is 5.73 Å². The van der Waals surface area contributed by atoms with Gasteiger partial charge in [0, 0.05) is 12.3 Å². The van der Waals surface area contributed by atoms with Gasteiger partial charge in [-0.15, -0.1) is 0 Å². The van der Waals surface area contributed by atoms with Crippen molar-refractivity contribution < 1.29 is 29.4 Å². The number of benzene rings is 1. The Labute approximate surface area is 204 Å². The third-order valence-corrected chi connectivity index (χ3v) is 6.50. The van der Waals surface area contributed by atoms with Gasteiger partial charge in [-0.25, -0.2) is 4.79 Å². The van der Waals surface area contributed by atoms with Gasteiger partial charge in [-0.1, -0.05) is 32.4 Å². The number of phenolic OH excluding ortho intramolecular Hbond substituents is 1. The first kappa shape index (κ1) is 27.5. The molecule has 3 amide bonds. The summed E-state index contributed by atoms with van der Waals surface area (Å²) in [6, 6.07) is 2.63. The van der Waals surface area contributed by atoms with E-state index in [9.17, 15) is 29.4 Å². The average molecular weight is 495 g/mol. The van der Waals surface area contributed by atoms with Gasteiger partial charge in [-0.05, 0) is 42.9 Å². The van der Waals surface area contributed by atoms with Crippen LogP contribution in [0.1, 0.15) is 38.7 Å². The molecule has 6 N–H and O–H groups in total. The maximum atomic E-state index is 13.1. The lowest BCUT2D eigenvalue weighted by Crippen LogP contribution is -2.58. The second-order valence-electron chi connectivity index (χ2n) is 8.62. The van der Waals surface area contributed by atoms with Gasteiger partial charge in [0.25, 0.3) is 0 Å². The number of carboxylic acids is 1. The topological polar surface area (TPSA) is 162 Å². The van der Waals surface area contributed by atoms with Crippen LogP contribution < -0.4 is 16.4 Å². The normalized spacial score (nSPS) is 19.1. The number of carboxylic acid groups (broad SMARTS) is 1. The fourth-order valence-electron chi connectivity index (χ4n) is 3.89. The number of phenols is 1. The molecule has 0 saturated carbocycles. The van der Waals surface area contributed by atoms with E-state index in [2.05, 4.69) is 23.3 Å². The van der Waals surface area contributed by atoms with Crippen LogP contribution in [0.25, 0.3) is 0 Å². The summed E-state index contributed by atoms with van der Waals surface area (Å²) in [5.41, 5.74) is 6.92. The molecule has 0 aromatic heterocycles. The highest BCUT2D eigenvalue weighted by Gasteiger charge is 2.38. The molecule has 0 radical (unpaired) electrons. The molecule has 34 heavy (non-hydrogen) atoms. The van der Waals surface area contributed by atoms with E-state index in [-0.39, 0.29) is 29.7 Å². The Bertz CT molecular complexity index is 881. The van der Waals surface area contributed by atoms with Crippen LogP contribution in [-0.2, 0) is 25.6 Å². The summed E-state index contributed by atoms with van der Waals surface area (Å²) in [6.45, 7) is 4.02. The van der Waals surface area contributed by atoms with Crippen molar-refractivity contribution in [2.45, 2.75) is 63.7 Å². The molecule has 1 aliphatic heterocycles. The second-order valence-corrected chi connectivity index (χ2v) is 8.99. The molecule has 0 spiro atoms. The molecule has 5 atom stereocenters. The van der Waals surface area contributed by atoms with E-state index < -0.39 is 42.0 Å². The molecule has 1 aromatic carbocycles. The number of aromatic hydroxyl groups is 1. The van der Waals surface area contributed by atoms with Gasteiger partial charge in [0.05, 0.1) is 6.04 Å². The number of aliphatic carboxylic acids is 1. The third-order valence-electron chi connectivity index (χ3n) is 6.14. The molecule has 2 rings (SSSR count). The highest BCUT2D eigenvalue weighted by atomic mass is 32.1. The van der Waals surface area contributed by atoms with Crippen LogP contribution in [0.5, 0.6) is 5.75 Å². The summed E-state index contributed by atoms with van der Waals surface area (Å²) in [6.07, 6.45) is 1.88. The maximum Gasteiger partial charge on any atom is 0.327 e. The number of likely N-dealkylation sites (tertiary alicyclic amines) is 1. The Balaban J connectivity index is 2.08. The van der Waals surface area contributed by atoms with Crippen LogP contribution in [0.15, 0.2) is 24.3 Å². The van der Waals surface area contributed by atoms with Gasteiger partial charge < -0.3 is 31.5 Å².